The molecule has 0 aliphatic rings. The van der Waals surface area contributed by atoms with Crippen LogP contribution >= 0.6 is 0 Å². The highest BCUT2D eigenvalue weighted by Gasteiger charge is 2.12. The first-order chi connectivity index (χ1) is 11.9. The molecule has 2 aromatic carbocycles. The Bertz CT molecular complexity index is 753. The first-order valence-electron chi connectivity index (χ1n) is 7.64. The van der Waals surface area contributed by atoms with Crippen molar-refractivity contribution in [3.63, 3.8) is 0 Å². The minimum atomic E-state index is -3.51. The van der Waals surface area contributed by atoms with Crippen LogP contribution in [0.3, 0.4) is 0 Å². The molecule has 0 amide bonds. The third-order valence-corrected chi connectivity index (χ3v) is 4.92. The lowest BCUT2D eigenvalue weighted by Crippen LogP contribution is -2.32. The lowest BCUT2D eigenvalue weighted by atomic mass is 10.2. The van der Waals surface area contributed by atoms with E-state index < -0.39 is 16.6 Å². The Morgan fingerprint density at radius 3 is 2.32 bits per heavy atom. The molecule has 2 aromatic rings. The smallest absolute Gasteiger partial charge is 0.387 e. The number of nitrogens with one attached hydrogen (secondary N) is 1. The maximum absolute atomic E-state index is 12.1. The summed E-state index contributed by atoms with van der Waals surface area (Å²) in [4.78, 5) is 2.16. The average molecular weight is 370 g/mol. The van der Waals surface area contributed by atoms with Crippen molar-refractivity contribution >= 4 is 10.0 Å². The number of hydrogen-bond acceptors (Lipinski definition) is 4. The topological polar surface area (TPSA) is 58.6 Å². The van der Waals surface area contributed by atoms with Gasteiger partial charge in [0.1, 0.15) is 5.75 Å². The van der Waals surface area contributed by atoms with Gasteiger partial charge in [0.05, 0.1) is 4.90 Å². The third kappa shape index (κ3) is 6.41. The van der Waals surface area contributed by atoms with Gasteiger partial charge in [0, 0.05) is 19.6 Å². The largest absolute Gasteiger partial charge is 0.435 e. The van der Waals surface area contributed by atoms with Gasteiger partial charge in [-0.05, 0) is 36.9 Å². The number of likely N-dealkylation sites (N-methyl/N-ethyl adjacent to an activating group) is 1. The quantitative estimate of drug-likeness (QED) is 0.737. The molecule has 0 aliphatic carbocycles. The Labute approximate surface area is 146 Å². The van der Waals surface area contributed by atoms with Gasteiger partial charge in [0.2, 0.25) is 10.0 Å². The number of benzene rings is 2. The van der Waals surface area contributed by atoms with Crippen molar-refractivity contribution in [2.75, 3.05) is 20.1 Å². The molecule has 25 heavy (non-hydrogen) atoms. The molecule has 0 fully saturated rings. The molecule has 0 saturated heterocycles. The SMILES string of the molecule is CN(CCNS(=O)(=O)c1ccccc1)Cc1ccc(OC(F)F)cc1. The Hall–Kier alpha value is -2.03. The van der Waals surface area contributed by atoms with E-state index in [4.69, 9.17) is 0 Å². The van der Waals surface area contributed by atoms with E-state index in [2.05, 4.69) is 9.46 Å². The van der Waals surface area contributed by atoms with Crippen molar-refractivity contribution in [2.24, 2.45) is 0 Å². The second-order valence-corrected chi connectivity index (χ2v) is 7.24. The van der Waals surface area contributed by atoms with Crippen LogP contribution in [0.25, 0.3) is 0 Å². The number of ether oxygens (including phenoxy) is 1. The highest BCUT2D eigenvalue weighted by Crippen LogP contribution is 2.15. The number of nitrogens with zero attached hydrogens (tertiary/aromatic N) is 1. The van der Waals surface area contributed by atoms with Gasteiger partial charge in [-0.2, -0.15) is 8.78 Å². The molecule has 8 heteroatoms. The highest BCUT2D eigenvalue weighted by atomic mass is 32.2. The number of sulfonamides is 1. The van der Waals surface area contributed by atoms with Gasteiger partial charge in [-0.1, -0.05) is 30.3 Å². The summed E-state index contributed by atoms with van der Waals surface area (Å²) in [5.74, 6) is 0.108. The number of rotatable bonds is 9. The van der Waals surface area contributed by atoms with E-state index in [9.17, 15) is 17.2 Å². The summed E-state index contributed by atoms with van der Waals surface area (Å²) in [6.07, 6.45) is 0. The van der Waals surface area contributed by atoms with Gasteiger partial charge in [-0.25, -0.2) is 13.1 Å². The average Bonchev–Trinajstić information content (AvgIpc) is 2.57. The van der Waals surface area contributed by atoms with Crippen molar-refractivity contribution < 1.29 is 21.9 Å². The Kier molecular flexibility index (Phi) is 6.86. The normalized spacial score (nSPS) is 11.9. The van der Waals surface area contributed by atoms with Crippen LogP contribution in [-0.2, 0) is 16.6 Å². The van der Waals surface area contributed by atoms with Gasteiger partial charge in [0.15, 0.2) is 0 Å². The number of alkyl halides is 2. The van der Waals surface area contributed by atoms with Crippen LogP contribution in [0, 0.1) is 0 Å². The van der Waals surface area contributed by atoms with Gasteiger partial charge in [-0.15, -0.1) is 0 Å². The number of halogens is 2. The summed E-state index contributed by atoms with van der Waals surface area (Å²) in [7, 11) is -1.66. The molecule has 0 heterocycles. The predicted molar refractivity (Wildman–Crippen MR) is 91.0 cm³/mol. The fraction of sp³-hybridized carbons (Fsp3) is 0.294. The van der Waals surface area contributed by atoms with E-state index in [-0.39, 0.29) is 17.2 Å². The number of hydrogen-bond donors (Lipinski definition) is 1. The molecule has 0 atom stereocenters. The zero-order valence-electron chi connectivity index (χ0n) is 13.7. The summed E-state index contributed by atoms with van der Waals surface area (Å²) in [6.45, 7) is -1.52. The van der Waals surface area contributed by atoms with Gasteiger partial charge >= 0.3 is 6.61 Å². The molecule has 0 spiro atoms. The van der Waals surface area contributed by atoms with Crippen LogP contribution in [0.5, 0.6) is 5.75 Å². The van der Waals surface area contributed by atoms with E-state index in [1.54, 1.807) is 30.3 Å². The monoisotopic (exact) mass is 370 g/mol. The molecule has 0 aliphatic heterocycles. The Morgan fingerprint density at radius 2 is 1.72 bits per heavy atom. The summed E-state index contributed by atoms with van der Waals surface area (Å²) >= 11 is 0. The summed E-state index contributed by atoms with van der Waals surface area (Å²) in [6, 6.07) is 14.5. The Balaban J connectivity index is 1.80. The summed E-state index contributed by atoms with van der Waals surface area (Å²) < 4.78 is 55.2. The van der Waals surface area contributed by atoms with Gasteiger partial charge < -0.3 is 9.64 Å². The predicted octanol–water partition coefficient (Wildman–Crippen LogP) is 2.70. The van der Waals surface area contributed by atoms with E-state index in [1.807, 2.05) is 11.9 Å². The van der Waals surface area contributed by atoms with Crippen LogP contribution in [0.15, 0.2) is 59.5 Å². The zero-order chi connectivity index (χ0) is 18.3. The molecule has 0 radical (unpaired) electrons. The van der Waals surface area contributed by atoms with E-state index in [0.29, 0.717) is 13.1 Å². The zero-order valence-corrected chi connectivity index (χ0v) is 14.5. The van der Waals surface area contributed by atoms with Crippen molar-refractivity contribution in [3.8, 4) is 5.75 Å². The molecule has 1 N–H and O–H groups in total. The lowest BCUT2D eigenvalue weighted by Gasteiger charge is -2.17. The fourth-order valence-corrected chi connectivity index (χ4v) is 3.26. The van der Waals surface area contributed by atoms with Crippen molar-refractivity contribution in [1.82, 2.24) is 9.62 Å². The molecular weight excluding hydrogens is 350 g/mol. The van der Waals surface area contributed by atoms with Crippen LogP contribution in [0.2, 0.25) is 0 Å². The van der Waals surface area contributed by atoms with Crippen molar-refractivity contribution in [2.45, 2.75) is 18.1 Å². The summed E-state index contributed by atoms with van der Waals surface area (Å²) in [5, 5.41) is 0. The van der Waals surface area contributed by atoms with E-state index in [1.165, 1.54) is 24.3 Å². The highest BCUT2D eigenvalue weighted by molar-refractivity contribution is 7.89. The maximum atomic E-state index is 12.1. The Morgan fingerprint density at radius 1 is 1.08 bits per heavy atom. The maximum Gasteiger partial charge on any atom is 0.387 e. The molecule has 0 saturated carbocycles. The second kappa shape index (κ2) is 8.89. The minimum absolute atomic E-state index is 0.108. The standard InChI is InChI=1S/C17H20F2N2O3S/c1-21(13-14-7-9-15(10-8-14)24-17(18)19)12-11-20-25(22,23)16-5-3-2-4-6-16/h2-10,17,20H,11-13H2,1H3. The summed E-state index contributed by atoms with van der Waals surface area (Å²) in [5.41, 5.74) is 0.912. The molecular formula is C17H20F2N2O3S. The molecule has 0 unspecified atom stereocenters. The van der Waals surface area contributed by atoms with Gasteiger partial charge in [0.25, 0.3) is 0 Å². The molecule has 0 bridgehead atoms. The first kappa shape index (κ1) is 19.3. The minimum Gasteiger partial charge on any atom is -0.435 e. The first-order valence-corrected chi connectivity index (χ1v) is 9.12. The molecule has 2 rings (SSSR count). The van der Waals surface area contributed by atoms with Crippen LogP contribution in [0.4, 0.5) is 8.78 Å². The van der Waals surface area contributed by atoms with E-state index in [0.717, 1.165) is 5.56 Å². The second-order valence-electron chi connectivity index (χ2n) is 5.47. The van der Waals surface area contributed by atoms with Crippen LogP contribution in [-0.4, -0.2) is 40.1 Å². The van der Waals surface area contributed by atoms with Crippen molar-refractivity contribution in [3.05, 3.63) is 60.2 Å². The molecule has 0 aromatic heterocycles. The van der Waals surface area contributed by atoms with Crippen LogP contribution < -0.4 is 9.46 Å². The van der Waals surface area contributed by atoms with Crippen LogP contribution in [0.1, 0.15) is 5.56 Å². The van der Waals surface area contributed by atoms with E-state index >= 15 is 0 Å². The third-order valence-electron chi connectivity index (χ3n) is 3.44. The lowest BCUT2D eigenvalue weighted by molar-refractivity contribution is -0.0498. The van der Waals surface area contributed by atoms with Crippen molar-refractivity contribution in [1.29, 1.82) is 0 Å². The molecule has 5 nitrogen and oxygen atoms in total. The van der Waals surface area contributed by atoms with Gasteiger partial charge in [-0.3, -0.25) is 0 Å². The molecule has 136 valence electrons. The fourth-order valence-electron chi connectivity index (χ4n) is 2.22.